The van der Waals surface area contributed by atoms with Crippen molar-refractivity contribution < 1.29 is 0 Å². The van der Waals surface area contributed by atoms with Crippen molar-refractivity contribution in [3.63, 3.8) is 0 Å². The van der Waals surface area contributed by atoms with Crippen LogP contribution in [0, 0.1) is 0 Å². The molecule has 72 valence electrons. The van der Waals surface area contributed by atoms with Crippen LogP contribution in [0.2, 0.25) is 0 Å². The maximum absolute atomic E-state index is 4.08. The predicted octanol–water partition coefficient (Wildman–Crippen LogP) is 2.96. The first-order valence-electron chi connectivity index (χ1n) is 4.61. The van der Waals surface area contributed by atoms with Crippen LogP contribution in [0.1, 0.15) is 12.5 Å². The van der Waals surface area contributed by atoms with Crippen LogP contribution in [0.15, 0.2) is 30.5 Å². The van der Waals surface area contributed by atoms with Crippen molar-refractivity contribution in [2.45, 2.75) is 18.2 Å². The SMILES string of the molecule is CC(Br)Cc1cnnc2ccccc12. The van der Waals surface area contributed by atoms with Gasteiger partial charge >= 0.3 is 0 Å². The Kier molecular flexibility index (Phi) is 2.77. The number of benzene rings is 1. The molecule has 1 heterocycles. The molecule has 0 saturated heterocycles. The van der Waals surface area contributed by atoms with Gasteiger partial charge in [-0.05, 0) is 18.1 Å². The highest BCUT2D eigenvalue weighted by atomic mass is 79.9. The molecule has 1 aromatic carbocycles. The van der Waals surface area contributed by atoms with Gasteiger partial charge in [0.1, 0.15) is 0 Å². The quantitative estimate of drug-likeness (QED) is 0.767. The molecule has 2 nitrogen and oxygen atoms in total. The summed E-state index contributed by atoms with van der Waals surface area (Å²) in [5, 5.41) is 9.28. The predicted molar refractivity (Wildman–Crippen MR) is 61.6 cm³/mol. The Morgan fingerprint density at radius 2 is 2.14 bits per heavy atom. The molecule has 2 aromatic rings. The molecular formula is C11H11BrN2. The van der Waals surface area contributed by atoms with Gasteiger partial charge in [-0.25, -0.2) is 0 Å². The molecule has 0 N–H and O–H groups in total. The first-order valence-corrected chi connectivity index (χ1v) is 5.52. The number of rotatable bonds is 2. The third kappa shape index (κ3) is 1.93. The fourth-order valence-electron chi connectivity index (χ4n) is 1.53. The Morgan fingerprint density at radius 1 is 1.36 bits per heavy atom. The molecule has 0 amide bonds. The van der Waals surface area contributed by atoms with E-state index in [9.17, 15) is 0 Å². The summed E-state index contributed by atoms with van der Waals surface area (Å²) >= 11 is 3.55. The van der Waals surface area contributed by atoms with Crippen molar-refractivity contribution >= 4 is 26.8 Å². The van der Waals surface area contributed by atoms with Crippen LogP contribution in [0.4, 0.5) is 0 Å². The van der Waals surface area contributed by atoms with E-state index >= 15 is 0 Å². The van der Waals surface area contributed by atoms with Crippen molar-refractivity contribution in [2.75, 3.05) is 0 Å². The average Bonchev–Trinajstić information content (AvgIpc) is 2.18. The third-order valence-corrected chi connectivity index (χ3v) is 2.45. The number of nitrogens with zero attached hydrogens (tertiary/aromatic N) is 2. The van der Waals surface area contributed by atoms with E-state index in [-0.39, 0.29) is 0 Å². The lowest BCUT2D eigenvalue weighted by atomic mass is 10.1. The van der Waals surface area contributed by atoms with Gasteiger partial charge in [-0.15, -0.1) is 0 Å². The normalized spacial score (nSPS) is 13.0. The van der Waals surface area contributed by atoms with E-state index in [4.69, 9.17) is 0 Å². The molecule has 0 bridgehead atoms. The summed E-state index contributed by atoms with van der Waals surface area (Å²) in [6.45, 7) is 2.13. The second-order valence-electron chi connectivity index (χ2n) is 3.37. The standard InChI is InChI=1S/C11H11BrN2/c1-8(12)6-9-7-13-14-11-5-3-2-4-10(9)11/h2-5,7-8H,6H2,1H3. The summed E-state index contributed by atoms with van der Waals surface area (Å²) in [6.07, 6.45) is 2.83. The van der Waals surface area contributed by atoms with E-state index < -0.39 is 0 Å². The molecule has 14 heavy (non-hydrogen) atoms. The zero-order valence-electron chi connectivity index (χ0n) is 7.94. The Hall–Kier alpha value is -0.960. The van der Waals surface area contributed by atoms with Crippen molar-refractivity contribution in [1.82, 2.24) is 10.2 Å². The number of fused-ring (bicyclic) bond motifs is 1. The lowest BCUT2D eigenvalue weighted by Gasteiger charge is -2.05. The first kappa shape index (κ1) is 9.59. The minimum atomic E-state index is 0.468. The molecule has 0 aliphatic heterocycles. The molecule has 0 aliphatic rings. The molecule has 0 spiro atoms. The Bertz CT molecular complexity index is 435. The first-order chi connectivity index (χ1) is 6.77. The monoisotopic (exact) mass is 250 g/mol. The van der Waals surface area contributed by atoms with Crippen LogP contribution >= 0.6 is 15.9 Å². The molecule has 0 radical (unpaired) electrons. The summed E-state index contributed by atoms with van der Waals surface area (Å²) in [4.78, 5) is 0.468. The Balaban J connectivity index is 2.53. The number of hydrogen-bond donors (Lipinski definition) is 0. The molecule has 3 heteroatoms. The topological polar surface area (TPSA) is 25.8 Å². The van der Waals surface area contributed by atoms with Crippen LogP contribution in [0.5, 0.6) is 0 Å². The second-order valence-corrected chi connectivity index (χ2v) is 4.94. The van der Waals surface area contributed by atoms with Crippen molar-refractivity contribution in [3.05, 3.63) is 36.0 Å². The molecule has 0 aliphatic carbocycles. The van der Waals surface area contributed by atoms with Crippen LogP contribution in [0.3, 0.4) is 0 Å². The van der Waals surface area contributed by atoms with Gasteiger partial charge in [0.2, 0.25) is 0 Å². The van der Waals surface area contributed by atoms with Crippen molar-refractivity contribution in [3.8, 4) is 0 Å². The Morgan fingerprint density at radius 3 is 2.93 bits per heavy atom. The van der Waals surface area contributed by atoms with Gasteiger partial charge in [-0.3, -0.25) is 0 Å². The highest BCUT2D eigenvalue weighted by molar-refractivity contribution is 9.09. The molecule has 0 fully saturated rings. The van der Waals surface area contributed by atoms with Crippen molar-refractivity contribution in [2.24, 2.45) is 0 Å². The van der Waals surface area contributed by atoms with Gasteiger partial charge in [0.25, 0.3) is 0 Å². The van der Waals surface area contributed by atoms with Crippen LogP contribution < -0.4 is 0 Å². The van der Waals surface area contributed by atoms with E-state index in [0.717, 1.165) is 11.9 Å². The highest BCUT2D eigenvalue weighted by Gasteiger charge is 2.04. The summed E-state index contributed by atoms with van der Waals surface area (Å²) in [5.74, 6) is 0. The number of aromatic nitrogens is 2. The summed E-state index contributed by atoms with van der Waals surface area (Å²) in [6, 6.07) is 8.10. The van der Waals surface area contributed by atoms with E-state index in [1.165, 1.54) is 10.9 Å². The molecular weight excluding hydrogens is 240 g/mol. The van der Waals surface area contributed by atoms with E-state index in [1.807, 2.05) is 24.4 Å². The lowest BCUT2D eigenvalue weighted by molar-refractivity contribution is 0.941. The van der Waals surface area contributed by atoms with Crippen LogP contribution in [0.25, 0.3) is 10.9 Å². The minimum absolute atomic E-state index is 0.468. The lowest BCUT2D eigenvalue weighted by Crippen LogP contribution is -1.99. The molecule has 2 rings (SSSR count). The second kappa shape index (κ2) is 4.05. The number of halogens is 1. The van der Waals surface area contributed by atoms with Gasteiger partial charge in [-0.2, -0.15) is 10.2 Å². The van der Waals surface area contributed by atoms with Gasteiger partial charge < -0.3 is 0 Å². The van der Waals surface area contributed by atoms with E-state index in [2.05, 4.69) is 39.1 Å². The van der Waals surface area contributed by atoms with Crippen molar-refractivity contribution in [1.29, 1.82) is 0 Å². The maximum atomic E-state index is 4.08. The fraction of sp³-hybridized carbons (Fsp3) is 0.273. The molecule has 1 unspecified atom stereocenters. The zero-order valence-corrected chi connectivity index (χ0v) is 9.53. The average molecular weight is 251 g/mol. The Labute approximate surface area is 91.5 Å². The maximum Gasteiger partial charge on any atom is 0.0932 e. The van der Waals surface area contributed by atoms with Gasteiger partial charge in [0, 0.05) is 10.2 Å². The van der Waals surface area contributed by atoms with Gasteiger partial charge in [0.05, 0.1) is 11.7 Å². The molecule has 1 aromatic heterocycles. The number of hydrogen-bond acceptors (Lipinski definition) is 2. The smallest absolute Gasteiger partial charge is 0.0932 e. The minimum Gasteiger partial charge on any atom is -0.158 e. The summed E-state index contributed by atoms with van der Waals surface area (Å²) in [5.41, 5.74) is 2.22. The summed E-state index contributed by atoms with van der Waals surface area (Å²) < 4.78 is 0. The molecule has 1 atom stereocenters. The molecule has 0 saturated carbocycles. The zero-order chi connectivity index (χ0) is 9.97. The highest BCUT2D eigenvalue weighted by Crippen LogP contribution is 2.18. The van der Waals surface area contributed by atoms with Crippen LogP contribution in [-0.4, -0.2) is 15.0 Å². The van der Waals surface area contributed by atoms with Gasteiger partial charge in [0.15, 0.2) is 0 Å². The summed E-state index contributed by atoms with van der Waals surface area (Å²) in [7, 11) is 0. The number of alkyl halides is 1. The van der Waals surface area contributed by atoms with E-state index in [1.54, 1.807) is 0 Å². The fourth-order valence-corrected chi connectivity index (χ4v) is 1.88. The van der Waals surface area contributed by atoms with Gasteiger partial charge in [-0.1, -0.05) is 41.1 Å². The third-order valence-electron chi connectivity index (χ3n) is 2.13. The largest absolute Gasteiger partial charge is 0.158 e. The van der Waals surface area contributed by atoms with Crippen LogP contribution in [-0.2, 0) is 6.42 Å². The van der Waals surface area contributed by atoms with E-state index in [0.29, 0.717) is 4.83 Å².